The third-order valence-electron chi connectivity index (χ3n) is 6.47. The molecule has 5 rings (SSSR count). The van der Waals surface area contributed by atoms with Crippen LogP contribution in [0, 0.1) is 11.2 Å². The average molecular weight is 543 g/mol. The first-order chi connectivity index (χ1) is 19.4. The molecule has 9 nitrogen and oxygen atoms in total. The Morgan fingerprint density at radius 3 is 2.60 bits per heavy atom. The molecule has 3 heterocycles. The number of nitrogens with one attached hydrogen (secondary N) is 3. The van der Waals surface area contributed by atoms with Crippen molar-refractivity contribution < 1.29 is 18.7 Å². The number of rotatable bonds is 10. The summed E-state index contributed by atoms with van der Waals surface area (Å²) in [4.78, 5) is 29.4. The van der Waals surface area contributed by atoms with E-state index in [0.29, 0.717) is 67.1 Å². The summed E-state index contributed by atoms with van der Waals surface area (Å²) in [6.07, 6.45) is 2.93. The number of carbonyl (C=O) groups is 1. The summed E-state index contributed by atoms with van der Waals surface area (Å²) in [5.41, 5.74) is 3.06. The minimum Gasteiger partial charge on any atom is -0.355 e. The molecule has 4 aromatic rings. The van der Waals surface area contributed by atoms with E-state index in [1.165, 1.54) is 12.1 Å². The van der Waals surface area contributed by atoms with Crippen LogP contribution in [0.25, 0.3) is 22.6 Å². The van der Waals surface area contributed by atoms with Crippen molar-refractivity contribution in [2.75, 3.05) is 31.6 Å². The van der Waals surface area contributed by atoms with Crippen molar-refractivity contribution in [3.63, 3.8) is 0 Å². The molecule has 40 heavy (non-hydrogen) atoms. The molecule has 0 aliphatic carbocycles. The zero-order valence-corrected chi connectivity index (χ0v) is 22.2. The summed E-state index contributed by atoms with van der Waals surface area (Å²) in [5.74, 6) is 0.506. The van der Waals surface area contributed by atoms with Gasteiger partial charge in [-0.25, -0.2) is 19.3 Å². The molecule has 0 atom stereocenters. The van der Waals surface area contributed by atoms with E-state index in [4.69, 9.17) is 14.5 Å². The van der Waals surface area contributed by atoms with Gasteiger partial charge in [-0.05, 0) is 35.9 Å². The van der Waals surface area contributed by atoms with Gasteiger partial charge in [0.2, 0.25) is 18.1 Å². The van der Waals surface area contributed by atoms with Gasteiger partial charge in [-0.3, -0.25) is 4.79 Å². The van der Waals surface area contributed by atoms with Crippen LogP contribution in [0.1, 0.15) is 24.6 Å². The van der Waals surface area contributed by atoms with Crippen molar-refractivity contribution in [1.82, 2.24) is 25.3 Å². The number of nitrogens with zero attached hydrogens (tertiary/aromatic N) is 3. The third-order valence-corrected chi connectivity index (χ3v) is 6.47. The summed E-state index contributed by atoms with van der Waals surface area (Å²) < 4.78 is 25.8. The van der Waals surface area contributed by atoms with Crippen molar-refractivity contribution in [1.29, 1.82) is 0 Å². The Hall–Kier alpha value is -4.41. The minimum atomic E-state index is -0.749. The lowest BCUT2D eigenvalue weighted by Crippen LogP contribution is -2.45. The van der Waals surface area contributed by atoms with Gasteiger partial charge in [-0.2, -0.15) is 0 Å². The number of carbonyl (C=O) groups excluding carboxylic acids is 1. The molecule has 1 amide bonds. The van der Waals surface area contributed by atoms with Crippen molar-refractivity contribution in [3.8, 4) is 22.6 Å². The summed E-state index contributed by atoms with van der Waals surface area (Å²) in [6.45, 7) is 7.34. The van der Waals surface area contributed by atoms with Crippen LogP contribution in [-0.2, 0) is 20.7 Å². The van der Waals surface area contributed by atoms with Gasteiger partial charge in [-0.15, -0.1) is 6.58 Å². The molecule has 1 fully saturated rings. The Bertz CT molecular complexity index is 1450. The third kappa shape index (κ3) is 6.59. The Labute approximate surface area is 231 Å². The fourth-order valence-electron chi connectivity index (χ4n) is 4.31. The number of ether oxygens (including phenoxy) is 2. The molecule has 206 valence electrons. The first-order valence-corrected chi connectivity index (χ1v) is 13.0. The maximum Gasteiger partial charge on any atom is 0.224 e. The molecule has 0 saturated carbocycles. The lowest BCUT2D eigenvalue weighted by atomic mass is 9.92. The van der Waals surface area contributed by atoms with Crippen LogP contribution in [-0.4, -0.2) is 52.1 Å². The van der Waals surface area contributed by atoms with Gasteiger partial charge < -0.3 is 25.1 Å². The highest BCUT2D eigenvalue weighted by Gasteiger charge is 2.35. The molecular formula is C30H31FN6O3. The van der Waals surface area contributed by atoms with E-state index in [-0.39, 0.29) is 11.7 Å². The molecule has 1 aliphatic rings. The summed E-state index contributed by atoms with van der Waals surface area (Å²) in [6, 6.07) is 17.5. The van der Waals surface area contributed by atoms with Crippen LogP contribution in [0.15, 0.2) is 79.5 Å². The topological polar surface area (TPSA) is 114 Å². The molecule has 2 aromatic carbocycles. The average Bonchev–Trinajstić information content (AvgIpc) is 3.42. The number of amides is 1. The summed E-state index contributed by atoms with van der Waals surface area (Å²) in [7, 11) is 0. The fourth-order valence-corrected chi connectivity index (χ4v) is 4.31. The van der Waals surface area contributed by atoms with Crippen LogP contribution in [0.3, 0.4) is 0 Å². The Morgan fingerprint density at radius 2 is 1.88 bits per heavy atom. The number of imidazole rings is 1. The van der Waals surface area contributed by atoms with Gasteiger partial charge in [0.25, 0.3) is 0 Å². The molecule has 1 aliphatic heterocycles. The van der Waals surface area contributed by atoms with Gasteiger partial charge >= 0.3 is 0 Å². The van der Waals surface area contributed by atoms with E-state index in [0.717, 1.165) is 5.56 Å². The molecule has 0 radical (unpaired) electrons. The van der Waals surface area contributed by atoms with E-state index < -0.39 is 11.7 Å². The van der Waals surface area contributed by atoms with Gasteiger partial charge in [0.05, 0.1) is 36.7 Å². The Morgan fingerprint density at radius 1 is 1.12 bits per heavy atom. The van der Waals surface area contributed by atoms with Gasteiger partial charge in [-0.1, -0.05) is 43.3 Å². The van der Waals surface area contributed by atoms with E-state index in [9.17, 15) is 9.18 Å². The zero-order chi connectivity index (χ0) is 28.0. The molecule has 10 heteroatoms. The fraction of sp³-hybridized carbons (Fsp3) is 0.267. The van der Waals surface area contributed by atoms with Gasteiger partial charge in [0, 0.05) is 30.3 Å². The molecule has 0 spiro atoms. The number of anilines is 1. The number of aromatic nitrogens is 4. The first-order valence-electron chi connectivity index (χ1n) is 13.0. The van der Waals surface area contributed by atoms with Crippen molar-refractivity contribution in [2.45, 2.75) is 19.6 Å². The zero-order valence-electron chi connectivity index (χ0n) is 22.2. The highest BCUT2D eigenvalue weighted by Crippen LogP contribution is 2.35. The maximum absolute atomic E-state index is 13.7. The summed E-state index contributed by atoms with van der Waals surface area (Å²) >= 11 is 0. The van der Waals surface area contributed by atoms with Gasteiger partial charge in [0.1, 0.15) is 5.82 Å². The van der Waals surface area contributed by atoms with Crippen molar-refractivity contribution in [3.05, 3.63) is 96.7 Å². The maximum atomic E-state index is 13.7. The quantitative estimate of drug-likeness (QED) is 0.249. The number of hydrogen-bond acceptors (Lipinski definition) is 7. The second-order valence-electron chi connectivity index (χ2n) is 9.99. The number of halogens is 1. The summed E-state index contributed by atoms with van der Waals surface area (Å²) in [5, 5.41) is 6.08. The van der Waals surface area contributed by atoms with E-state index >= 15 is 0 Å². The molecule has 1 saturated heterocycles. The molecule has 2 aromatic heterocycles. The lowest BCUT2D eigenvalue weighted by molar-refractivity contribution is -0.232. The lowest BCUT2D eigenvalue weighted by Gasteiger charge is -2.36. The monoisotopic (exact) mass is 542 g/mol. The molecule has 0 unspecified atom stereocenters. The highest BCUT2D eigenvalue weighted by atomic mass is 19.1. The van der Waals surface area contributed by atoms with E-state index in [2.05, 4.69) is 32.2 Å². The van der Waals surface area contributed by atoms with Gasteiger partial charge in [0.15, 0.2) is 5.82 Å². The second kappa shape index (κ2) is 12.2. The van der Waals surface area contributed by atoms with Crippen molar-refractivity contribution in [2.24, 2.45) is 5.41 Å². The Kier molecular flexibility index (Phi) is 8.28. The van der Waals surface area contributed by atoms with Crippen LogP contribution >= 0.6 is 0 Å². The van der Waals surface area contributed by atoms with E-state index in [1.54, 1.807) is 30.5 Å². The largest absolute Gasteiger partial charge is 0.355 e. The van der Waals surface area contributed by atoms with Crippen LogP contribution in [0.4, 0.5) is 10.3 Å². The number of hydrogen-bond donors (Lipinski definition) is 3. The van der Waals surface area contributed by atoms with E-state index in [1.807, 2.05) is 37.3 Å². The van der Waals surface area contributed by atoms with Crippen molar-refractivity contribution >= 4 is 11.9 Å². The molecule has 3 N–H and O–H groups in total. The predicted octanol–water partition coefficient (Wildman–Crippen LogP) is 4.68. The molecule has 0 bridgehead atoms. The standard InChI is InChI=1S/C30H31FN6O3/c1-3-14-32-29-33-15-13-23(35-29)26-25(21-9-11-22(31)12-10-21)36-27(37-26)28-39-18-30(2,19-40-28)17-34-24(38)16-20-7-5-4-6-8-20/h3-13,15,28H,1,14,16-19H2,2H3,(H,34,38)(H,36,37)(H,32,33,35). The number of benzene rings is 2. The highest BCUT2D eigenvalue weighted by molar-refractivity contribution is 5.78. The number of aromatic amines is 1. The van der Waals surface area contributed by atoms with Crippen LogP contribution < -0.4 is 10.6 Å². The minimum absolute atomic E-state index is 0.0547. The number of H-pyrrole nitrogens is 1. The Balaban J connectivity index is 1.30. The normalized spacial score (nSPS) is 18.7. The SMILES string of the molecule is C=CCNc1nccc(-c2[nH]c(C3OCC(C)(CNC(=O)Cc4ccccc4)CO3)nc2-c2ccc(F)cc2)n1. The molecular weight excluding hydrogens is 511 g/mol. The predicted molar refractivity (Wildman–Crippen MR) is 150 cm³/mol. The smallest absolute Gasteiger partial charge is 0.224 e. The van der Waals surface area contributed by atoms with Crippen LogP contribution in [0.5, 0.6) is 0 Å². The first kappa shape index (κ1) is 27.2. The second-order valence-corrected chi connectivity index (χ2v) is 9.99. The van der Waals surface area contributed by atoms with Crippen LogP contribution in [0.2, 0.25) is 0 Å².